The van der Waals surface area contributed by atoms with Gasteiger partial charge in [0.2, 0.25) is 0 Å². The summed E-state index contributed by atoms with van der Waals surface area (Å²) in [5, 5.41) is 17.6. The molecule has 2 N–H and O–H groups in total. The summed E-state index contributed by atoms with van der Waals surface area (Å²) in [4.78, 5) is 23.6. The first-order valence-corrected chi connectivity index (χ1v) is 7.68. The number of aromatic nitrogens is 2. The van der Waals surface area contributed by atoms with Crippen LogP contribution in [0.3, 0.4) is 0 Å². The van der Waals surface area contributed by atoms with E-state index in [0.29, 0.717) is 21.9 Å². The van der Waals surface area contributed by atoms with Crippen LogP contribution in [0.25, 0.3) is 18.5 Å². The van der Waals surface area contributed by atoms with Crippen molar-refractivity contribution in [2.24, 2.45) is 0 Å². The molecule has 0 saturated carbocycles. The summed E-state index contributed by atoms with van der Waals surface area (Å²) in [6.45, 7) is 3.83. The third kappa shape index (κ3) is 3.34. The van der Waals surface area contributed by atoms with Gasteiger partial charge in [-0.15, -0.1) is 0 Å². The lowest BCUT2D eigenvalue weighted by Gasteiger charge is -2.07. The molecule has 3 aromatic rings. The molecule has 0 unspecified atom stereocenters. The average molecular weight is 355 g/mol. The minimum atomic E-state index is -1.38. The summed E-state index contributed by atoms with van der Waals surface area (Å²) in [6, 6.07) is 13.4. The summed E-state index contributed by atoms with van der Waals surface area (Å²) in [6.07, 6.45) is 1.46. The Morgan fingerprint density at radius 3 is 2.64 bits per heavy atom. The Morgan fingerprint density at radius 1 is 1.24 bits per heavy atom. The van der Waals surface area contributed by atoms with E-state index < -0.39 is 5.97 Å². The van der Waals surface area contributed by atoms with Gasteiger partial charge in [-0.2, -0.15) is 0 Å². The first kappa shape index (κ1) is 16.6. The molecule has 0 aliphatic carbocycles. The van der Waals surface area contributed by atoms with Crippen LogP contribution in [0, 0.1) is 0 Å². The Bertz CT molecular complexity index is 1100. The van der Waals surface area contributed by atoms with Gasteiger partial charge in [-0.05, 0) is 30.3 Å². The van der Waals surface area contributed by atoms with Crippen molar-refractivity contribution in [2.45, 2.75) is 0 Å². The number of hydrogen-bond donors (Lipinski definition) is 2. The molecule has 2 aromatic carbocycles. The van der Waals surface area contributed by atoms with Gasteiger partial charge in [0.05, 0.1) is 22.2 Å². The minimum Gasteiger partial charge on any atom is -0.545 e. The highest BCUT2D eigenvalue weighted by atomic mass is 35.5. The van der Waals surface area contributed by atoms with Crippen LogP contribution in [0.2, 0.25) is 5.02 Å². The number of rotatable bonds is 4. The number of nitrogens with one attached hydrogen (secondary N) is 2. The molecule has 7 heteroatoms. The molecular weight excluding hydrogens is 342 g/mol. The lowest BCUT2D eigenvalue weighted by Crippen LogP contribution is -2.34. The molecule has 6 nitrogen and oxygen atoms in total. The summed E-state index contributed by atoms with van der Waals surface area (Å²) in [5.74, 6) is -1.38. The summed E-state index contributed by atoms with van der Waals surface area (Å²) in [7, 11) is 0. The number of carboxylic acids is 1. The molecule has 3 rings (SSSR count). The van der Waals surface area contributed by atoms with E-state index in [9.17, 15) is 14.7 Å². The maximum Gasteiger partial charge on any atom is 0.280 e. The highest BCUT2D eigenvalue weighted by Crippen LogP contribution is 2.19. The van der Waals surface area contributed by atoms with E-state index in [4.69, 9.17) is 11.6 Å². The van der Waals surface area contributed by atoms with E-state index in [1.54, 1.807) is 18.2 Å². The fourth-order valence-electron chi connectivity index (χ4n) is 2.33. The van der Waals surface area contributed by atoms with Gasteiger partial charge in [0.15, 0.2) is 0 Å². The predicted octanol–water partition coefficient (Wildman–Crippen LogP) is 0.443. The molecule has 1 heterocycles. The SMILES string of the molecule is C=c1[nH]n(-c2ccccc2)c(=O)/c1=C\Nc1ccc(Cl)c(C(=O)[O-])c1. The first-order valence-electron chi connectivity index (χ1n) is 7.30. The molecule has 0 atom stereocenters. The number of nitrogens with zero attached hydrogens (tertiary/aromatic N) is 1. The maximum absolute atomic E-state index is 12.5. The highest BCUT2D eigenvalue weighted by molar-refractivity contribution is 6.33. The lowest BCUT2D eigenvalue weighted by atomic mass is 10.2. The molecule has 0 aliphatic rings. The van der Waals surface area contributed by atoms with Gasteiger partial charge in [-0.3, -0.25) is 9.89 Å². The third-order valence-corrected chi connectivity index (χ3v) is 3.92. The Hall–Kier alpha value is -3.25. The molecule has 0 radical (unpaired) electrons. The lowest BCUT2D eigenvalue weighted by molar-refractivity contribution is -0.255. The largest absolute Gasteiger partial charge is 0.545 e. The molecule has 0 fully saturated rings. The summed E-state index contributed by atoms with van der Waals surface area (Å²) >= 11 is 5.80. The number of carboxylic acid groups (broad SMARTS) is 1. The van der Waals surface area contributed by atoms with Crippen LogP contribution in [-0.4, -0.2) is 15.7 Å². The van der Waals surface area contributed by atoms with Crippen LogP contribution < -0.4 is 26.6 Å². The molecule has 0 bridgehead atoms. The molecule has 25 heavy (non-hydrogen) atoms. The second-order valence-electron chi connectivity index (χ2n) is 5.25. The fraction of sp³-hybridized carbons (Fsp3) is 0. The number of carbonyl (C=O) groups excluding carboxylic acids is 1. The quantitative estimate of drug-likeness (QED) is 0.711. The van der Waals surface area contributed by atoms with Gasteiger partial charge < -0.3 is 15.2 Å². The number of H-pyrrole nitrogens is 1. The molecular formula is C18H13ClN3O3-. The number of carbonyl (C=O) groups is 1. The third-order valence-electron chi connectivity index (χ3n) is 3.59. The molecule has 0 saturated heterocycles. The van der Waals surface area contributed by atoms with Gasteiger partial charge in [0.1, 0.15) is 0 Å². The van der Waals surface area contributed by atoms with Crippen molar-refractivity contribution in [3.8, 4) is 5.69 Å². The summed E-state index contributed by atoms with van der Waals surface area (Å²) in [5.41, 5.74) is 0.723. The second-order valence-corrected chi connectivity index (χ2v) is 5.66. The molecule has 0 aliphatic heterocycles. The number of para-hydroxylation sites is 1. The van der Waals surface area contributed by atoms with Gasteiger partial charge in [0.25, 0.3) is 5.56 Å². The van der Waals surface area contributed by atoms with Crippen LogP contribution in [0.4, 0.5) is 5.69 Å². The Morgan fingerprint density at radius 2 is 1.96 bits per heavy atom. The standard InChI is InChI=1S/C18H14ClN3O3/c1-11-15(17(23)22(21-11)13-5-3-2-4-6-13)10-20-12-7-8-16(19)14(9-12)18(24)25/h2-10,20-21H,1H2,(H,24,25)/p-1/b15-10-. The van der Waals surface area contributed by atoms with Crippen molar-refractivity contribution in [2.75, 3.05) is 5.32 Å². The zero-order valence-electron chi connectivity index (χ0n) is 13.0. The van der Waals surface area contributed by atoms with Gasteiger partial charge in [-0.25, -0.2) is 4.68 Å². The summed E-state index contributed by atoms with van der Waals surface area (Å²) < 4.78 is 1.38. The predicted molar refractivity (Wildman–Crippen MR) is 95.0 cm³/mol. The van der Waals surface area contributed by atoms with Crippen LogP contribution in [0.15, 0.2) is 53.3 Å². The van der Waals surface area contributed by atoms with E-state index in [1.165, 1.54) is 23.0 Å². The normalized spacial score (nSPS) is 11.5. The van der Waals surface area contributed by atoms with E-state index in [0.717, 1.165) is 0 Å². The monoisotopic (exact) mass is 354 g/mol. The number of aromatic amines is 1. The van der Waals surface area contributed by atoms with Crippen LogP contribution in [-0.2, 0) is 0 Å². The van der Waals surface area contributed by atoms with E-state index in [-0.39, 0.29) is 16.1 Å². The van der Waals surface area contributed by atoms with Crippen LogP contribution >= 0.6 is 11.6 Å². The number of anilines is 1. The van der Waals surface area contributed by atoms with Crippen molar-refractivity contribution in [1.29, 1.82) is 0 Å². The number of aromatic carboxylic acids is 1. The Labute approximate surface area is 147 Å². The maximum atomic E-state index is 12.5. The van der Waals surface area contributed by atoms with Crippen molar-refractivity contribution < 1.29 is 9.90 Å². The van der Waals surface area contributed by atoms with Crippen LogP contribution in [0.1, 0.15) is 10.4 Å². The van der Waals surface area contributed by atoms with Crippen LogP contribution in [0.5, 0.6) is 0 Å². The molecule has 1 aromatic heterocycles. The first-order chi connectivity index (χ1) is 12.0. The van der Waals surface area contributed by atoms with Crippen molar-refractivity contribution in [1.82, 2.24) is 9.78 Å². The molecule has 0 spiro atoms. The van der Waals surface area contributed by atoms with Crippen molar-refractivity contribution in [3.05, 3.63) is 80.0 Å². The smallest absolute Gasteiger partial charge is 0.280 e. The zero-order chi connectivity index (χ0) is 18.0. The topological polar surface area (TPSA) is 90.0 Å². The average Bonchev–Trinajstić information content (AvgIpc) is 2.89. The Balaban J connectivity index is 2.00. The van der Waals surface area contributed by atoms with Crippen molar-refractivity contribution >= 4 is 36.0 Å². The van der Waals surface area contributed by atoms with Gasteiger partial charge in [-0.1, -0.05) is 36.4 Å². The number of halogens is 1. The van der Waals surface area contributed by atoms with E-state index in [1.807, 2.05) is 18.2 Å². The van der Waals surface area contributed by atoms with Crippen molar-refractivity contribution in [3.63, 3.8) is 0 Å². The van der Waals surface area contributed by atoms with E-state index in [2.05, 4.69) is 17.0 Å². The molecule has 0 amide bonds. The highest BCUT2D eigenvalue weighted by Gasteiger charge is 2.05. The number of benzene rings is 2. The van der Waals surface area contributed by atoms with Gasteiger partial charge >= 0.3 is 0 Å². The fourth-order valence-corrected chi connectivity index (χ4v) is 2.52. The zero-order valence-corrected chi connectivity index (χ0v) is 13.7. The second kappa shape index (κ2) is 6.70. The van der Waals surface area contributed by atoms with E-state index >= 15 is 0 Å². The molecule has 126 valence electrons. The number of hydrogen-bond acceptors (Lipinski definition) is 4. The van der Waals surface area contributed by atoms with Gasteiger partial charge in [0, 0.05) is 22.5 Å². The Kier molecular flexibility index (Phi) is 4.45. The minimum absolute atomic E-state index is 0.0801.